The van der Waals surface area contributed by atoms with E-state index in [4.69, 9.17) is 0 Å². The highest BCUT2D eigenvalue weighted by molar-refractivity contribution is 7.09. The van der Waals surface area contributed by atoms with Gasteiger partial charge in [-0.1, -0.05) is 6.92 Å². The summed E-state index contributed by atoms with van der Waals surface area (Å²) in [5.74, 6) is 1.10. The van der Waals surface area contributed by atoms with Crippen LogP contribution in [0.4, 0.5) is 0 Å². The average molecular weight is 250 g/mol. The maximum atomic E-state index is 4.42. The van der Waals surface area contributed by atoms with E-state index in [0.717, 1.165) is 42.6 Å². The van der Waals surface area contributed by atoms with E-state index in [2.05, 4.69) is 32.2 Å². The fourth-order valence-electron chi connectivity index (χ4n) is 1.74. The van der Waals surface area contributed by atoms with E-state index >= 15 is 0 Å². The second-order valence-corrected chi connectivity index (χ2v) is 5.06. The highest BCUT2D eigenvalue weighted by Gasteiger charge is 2.02. The van der Waals surface area contributed by atoms with Crippen LogP contribution in [0.15, 0.2) is 17.8 Å². The number of rotatable bonds is 6. The molecule has 0 bridgehead atoms. The van der Waals surface area contributed by atoms with E-state index < -0.39 is 0 Å². The van der Waals surface area contributed by atoms with Crippen LogP contribution in [-0.4, -0.2) is 14.5 Å². The zero-order chi connectivity index (χ0) is 12.1. The maximum Gasteiger partial charge on any atom is 0.122 e. The molecule has 2 rings (SSSR count). The molecule has 0 radical (unpaired) electrons. The smallest absolute Gasteiger partial charge is 0.122 e. The Balaban J connectivity index is 1.83. The van der Waals surface area contributed by atoms with E-state index in [1.165, 1.54) is 0 Å². The first-order chi connectivity index (χ1) is 8.29. The standard InChI is InChI=1S/C12H18N4S/c1-3-5-16-6-4-14-12(16)8-13-7-11-9-17-10(2)15-11/h4,6,9,13H,3,5,7-8H2,1-2H3. The fraction of sp³-hybridized carbons (Fsp3) is 0.500. The molecule has 2 aromatic heterocycles. The van der Waals surface area contributed by atoms with Crippen molar-refractivity contribution in [3.8, 4) is 0 Å². The Hall–Kier alpha value is -1.20. The number of aromatic nitrogens is 3. The van der Waals surface area contributed by atoms with E-state index in [1.807, 2.05) is 19.3 Å². The van der Waals surface area contributed by atoms with Crippen molar-refractivity contribution in [3.63, 3.8) is 0 Å². The number of hydrogen-bond donors (Lipinski definition) is 1. The Bertz CT molecular complexity index is 461. The summed E-state index contributed by atoms with van der Waals surface area (Å²) < 4.78 is 2.19. The Kier molecular flexibility index (Phi) is 4.28. The lowest BCUT2D eigenvalue weighted by Gasteiger charge is -2.06. The van der Waals surface area contributed by atoms with Gasteiger partial charge in [-0.25, -0.2) is 9.97 Å². The van der Waals surface area contributed by atoms with Crippen LogP contribution in [0.5, 0.6) is 0 Å². The van der Waals surface area contributed by atoms with Gasteiger partial charge in [0.15, 0.2) is 0 Å². The fourth-order valence-corrected chi connectivity index (χ4v) is 2.36. The summed E-state index contributed by atoms with van der Waals surface area (Å²) >= 11 is 1.69. The zero-order valence-electron chi connectivity index (χ0n) is 10.3. The van der Waals surface area contributed by atoms with Gasteiger partial charge in [0.05, 0.1) is 17.2 Å². The van der Waals surface area contributed by atoms with E-state index in [1.54, 1.807) is 11.3 Å². The summed E-state index contributed by atoms with van der Waals surface area (Å²) in [6, 6.07) is 0. The molecule has 2 aromatic rings. The summed E-state index contributed by atoms with van der Waals surface area (Å²) in [6.07, 6.45) is 5.03. The van der Waals surface area contributed by atoms with Crippen molar-refractivity contribution in [1.29, 1.82) is 0 Å². The molecule has 0 atom stereocenters. The molecular weight excluding hydrogens is 232 g/mol. The highest BCUT2D eigenvalue weighted by Crippen LogP contribution is 2.07. The van der Waals surface area contributed by atoms with Gasteiger partial charge in [-0.05, 0) is 13.3 Å². The second-order valence-electron chi connectivity index (χ2n) is 4.00. The van der Waals surface area contributed by atoms with Crippen LogP contribution in [0.25, 0.3) is 0 Å². The van der Waals surface area contributed by atoms with Crippen molar-refractivity contribution in [2.45, 2.75) is 39.9 Å². The summed E-state index contributed by atoms with van der Waals surface area (Å²) in [7, 11) is 0. The number of nitrogens with one attached hydrogen (secondary N) is 1. The number of hydrogen-bond acceptors (Lipinski definition) is 4. The molecule has 1 N–H and O–H groups in total. The summed E-state index contributed by atoms with van der Waals surface area (Å²) in [6.45, 7) is 6.84. The Morgan fingerprint density at radius 3 is 3.00 bits per heavy atom. The largest absolute Gasteiger partial charge is 0.334 e. The predicted molar refractivity (Wildman–Crippen MR) is 69.9 cm³/mol. The molecule has 0 aliphatic carbocycles. The molecule has 4 nitrogen and oxygen atoms in total. The van der Waals surface area contributed by atoms with Crippen LogP contribution in [-0.2, 0) is 19.6 Å². The molecule has 5 heteroatoms. The van der Waals surface area contributed by atoms with Crippen LogP contribution < -0.4 is 5.32 Å². The van der Waals surface area contributed by atoms with Crippen molar-refractivity contribution in [2.75, 3.05) is 0 Å². The lowest BCUT2D eigenvalue weighted by Crippen LogP contribution is -2.16. The lowest BCUT2D eigenvalue weighted by molar-refractivity contribution is 0.585. The molecule has 0 saturated carbocycles. The molecule has 0 unspecified atom stereocenters. The van der Waals surface area contributed by atoms with E-state index in [0.29, 0.717) is 0 Å². The number of imidazole rings is 1. The monoisotopic (exact) mass is 250 g/mol. The quantitative estimate of drug-likeness (QED) is 0.855. The van der Waals surface area contributed by atoms with Crippen LogP contribution in [0.2, 0.25) is 0 Å². The van der Waals surface area contributed by atoms with Crippen LogP contribution in [0.3, 0.4) is 0 Å². The van der Waals surface area contributed by atoms with Gasteiger partial charge >= 0.3 is 0 Å². The molecule has 0 fully saturated rings. The SMILES string of the molecule is CCCn1ccnc1CNCc1csc(C)n1. The Morgan fingerprint density at radius 2 is 2.29 bits per heavy atom. The first-order valence-electron chi connectivity index (χ1n) is 5.91. The predicted octanol–water partition coefficient (Wildman–Crippen LogP) is 2.35. The molecule has 17 heavy (non-hydrogen) atoms. The van der Waals surface area contributed by atoms with Gasteiger partial charge in [0.2, 0.25) is 0 Å². The summed E-state index contributed by atoms with van der Waals surface area (Å²) in [5, 5.41) is 6.59. The van der Waals surface area contributed by atoms with Crippen molar-refractivity contribution >= 4 is 11.3 Å². The minimum Gasteiger partial charge on any atom is -0.334 e. The molecule has 92 valence electrons. The minimum absolute atomic E-state index is 0.795. The second kappa shape index (κ2) is 5.93. The lowest BCUT2D eigenvalue weighted by atomic mass is 10.4. The summed E-state index contributed by atoms with van der Waals surface area (Å²) in [4.78, 5) is 8.77. The number of nitrogens with zero attached hydrogens (tertiary/aromatic N) is 3. The molecule has 0 aromatic carbocycles. The molecule has 0 aliphatic rings. The molecule has 0 aliphatic heterocycles. The molecular formula is C12H18N4S. The zero-order valence-corrected chi connectivity index (χ0v) is 11.1. The minimum atomic E-state index is 0.795. The topological polar surface area (TPSA) is 42.7 Å². The third kappa shape index (κ3) is 3.38. The Morgan fingerprint density at radius 1 is 1.41 bits per heavy atom. The average Bonchev–Trinajstić information content (AvgIpc) is 2.90. The van der Waals surface area contributed by atoms with Crippen LogP contribution in [0.1, 0.15) is 29.9 Å². The third-order valence-corrected chi connectivity index (χ3v) is 3.34. The maximum absolute atomic E-state index is 4.42. The highest BCUT2D eigenvalue weighted by atomic mass is 32.1. The van der Waals surface area contributed by atoms with Gasteiger partial charge in [-0.3, -0.25) is 0 Å². The van der Waals surface area contributed by atoms with Crippen molar-refractivity contribution in [3.05, 3.63) is 34.3 Å². The molecule has 2 heterocycles. The van der Waals surface area contributed by atoms with Crippen molar-refractivity contribution < 1.29 is 0 Å². The van der Waals surface area contributed by atoms with Gasteiger partial charge in [-0.15, -0.1) is 11.3 Å². The van der Waals surface area contributed by atoms with E-state index in [-0.39, 0.29) is 0 Å². The van der Waals surface area contributed by atoms with Gasteiger partial charge in [0, 0.05) is 30.9 Å². The van der Waals surface area contributed by atoms with Crippen LogP contribution >= 0.6 is 11.3 Å². The van der Waals surface area contributed by atoms with Crippen molar-refractivity contribution in [2.24, 2.45) is 0 Å². The molecule has 0 saturated heterocycles. The molecule has 0 amide bonds. The Labute approximate surface area is 106 Å². The van der Waals surface area contributed by atoms with Gasteiger partial charge in [0.25, 0.3) is 0 Å². The summed E-state index contributed by atoms with van der Waals surface area (Å²) in [5.41, 5.74) is 1.11. The first-order valence-corrected chi connectivity index (χ1v) is 6.79. The third-order valence-electron chi connectivity index (χ3n) is 2.52. The van der Waals surface area contributed by atoms with Crippen molar-refractivity contribution in [1.82, 2.24) is 19.9 Å². The normalized spacial score (nSPS) is 10.9. The van der Waals surface area contributed by atoms with Crippen LogP contribution in [0, 0.1) is 6.92 Å². The first kappa shape index (κ1) is 12.3. The van der Waals surface area contributed by atoms with E-state index in [9.17, 15) is 0 Å². The van der Waals surface area contributed by atoms with Gasteiger partial charge in [-0.2, -0.15) is 0 Å². The van der Waals surface area contributed by atoms with Gasteiger partial charge < -0.3 is 9.88 Å². The number of thiazole rings is 1. The van der Waals surface area contributed by atoms with Gasteiger partial charge in [0.1, 0.15) is 5.82 Å². The molecule has 0 spiro atoms. The number of aryl methyl sites for hydroxylation is 2.